The van der Waals surface area contributed by atoms with E-state index in [2.05, 4.69) is 21.2 Å². The fourth-order valence-corrected chi connectivity index (χ4v) is 7.13. The summed E-state index contributed by atoms with van der Waals surface area (Å²) in [5, 5.41) is 2.97. The van der Waals surface area contributed by atoms with E-state index in [-0.39, 0.29) is 29.5 Å². The Balaban J connectivity index is 1.83. The van der Waals surface area contributed by atoms with Gasteiger partial charge in [0.1, 0.15) is 18.3 Å². The van der Waals surface area contributed by atoms with Crippen molar-refractivity contribution in [2.75, 3.05) is 30.3 Å². The van der Waals surface area contributed by atoms with Gasteiger partial charge in [-0.1, -0.05) is 77.5 Å². The summed E-state index contributed by atoms with van der Waals surface area (Å²) in [5.41, 5.74) is 1.90. The lowest BCUT2D eigenvalue weighted by Crippen LogP contribution is -2.53. The van der Waals surface area contributed by atoms with E-state index < -0.39 is 28.5 Å². The highest BCUT2D eigenvalue weighted by Crippen LogP contribution is 2.33. The van der Waals surface area contributed by atoms with Crippen LogP contribution in [0.1, 0.15) is 31.4 Å². The summed E-state index contributed by atoms with van der Waals surface area (Å²) in [5.74, 6) is -0.512. The van der Waals surface area contributed by atoms with E-state index in [0.29, 0.717) is 18.9 Å². The molecule has 8 nitrogen and oxygen atoms in total. The predicted molar refractivity (Wildman–Crippen MR) is 192 cm³/mol. The van der Waals surface area contributed by atoms with E-state index in [1.54, 1.807) is 36.4 Å². The maximum Gasteiger partial charge on any atom is 0.264 e. The van der Waals surface area contributed by atoms with Crippen LogP contribution in [0.5, 0.6) is 5.75 Å². The number of amides is 2. The summed E-state index contributed by atoms with van der Waals surface area (Å²) in [6.45, 7) is 4.05. The number of hydrogen-bond acceptors (Lipinski definition) is 6. The number of hydrogen-bond donors (Lipinski definition) is 1. The normalized spacial score (nSPS) is 11.8. The summed E-state index contributed by atoms with van der Waals surface area (Å²) in [6.07, 6.45) is 2.88. The summed E-state index contributed by atoms with van der Waals surface area (Å²) < 4.78 is 36.6. The van der Waals surface area contributed by atoms with Gasteiger partial charge in [0.05, 0.1) is 17.2 Å². The number of sulfonamides is 1. The second kappa shape index (κ2) is 17.4. The summed E-state index contributed by atoms with van der Waals surface area (Å²) in [7, 11) is -4.26. The highest BCUT2D eigenvalue weighted by molar-refractivity contribution is 9.10. The minimum atomic E-state index is -4.26. The Labute approximate surface area is 290 Å². The molecule has 0 spiro atoms. The first-order valence-electron chi connectivity index (χ1n) is 15.4. The van der Waals surface area contributed by atoms with Crippen LogP contribution in [0.4, 0.5) is 5.69 Å². The van der Waals surface area contributed by atoms with Crippen LogP contribution >= 0.6 is 27.7 Å². The van der Waals surface area contributed by atoms with Gasteiger partial charge in [0, 0.05) is 28.9 Å². The molecule has 1 N–H and O–H groups in total. The third-order valence-corrected chi connectivity index (χ3v) is 10.5. The number of carbonyl (C=O) groups excluding carboxylic acids is 2. The zero-order chi connectivity index (χ0) is 33.8. The second-order valence-corrected chi connectivity index (χ2v) is 14.4. The van der Waals surface area contributed by atoms with Crippen LogP contribution < -0.4 is 14.4 Å². The van der Waals surface area contributed by atoms with Gasteiger partial charge in [0.15, 0.2) is 0 Å². The van der Waals surface area contributed by atoms with Crippen LogP contribution in [-0.2, 0) is 32.6 Å². The van der Waals surface area contributed by atoms with Gasteiger partial charge in [-0.2, -0.15) is 0 Å². The van der Waals surface area contributed by atoms with Crippen molar-refractivity contribution in [2.24, 2.45) is 0 Å². The number of thioether (sulfide) groups is 1. The van der Waals surface area contributed by atoms with Gasteiger partial charge in [-0.25, -0.2) is 8.42 Å². The van der Waals surface area contributed by atoms with Crippen LogP contribution in [0, 0.1) is 0 Å². The number of anilines is 1. The first-order valence-corrected chi connectivity index (χ1v) is 18.9. The van der Waals surface area contributed by atoms with Crippen LogP contribution in [0.2, 0.25) is 0 Å². The lowest BCUT2D eigenvalue weighted by atomic mass is 10.0. The van der Waals surface area contributed by atoms with E-state index in [4.69, 9.17) is 4.74 Å². The van der Waals surface area contributed by atoms with Crippen molar-refractivity contribution in [1.82, 2.24) is 10.2 Å². The molecule has 1 atom stereocenters. The quantitative estimate of drug-likeness (QED) is 0.125. The topological polar surface area (TPSA) is 96.0 Å². The van der Waals surface area contributed by atoms with Crippen LogP contribution in [-0.4, -0.2) is 57.1 Å². The lowest BCUT2D eigenvalue weighted by Gasteiger charge is -2.34. The lowest BCUT2D eigenvalue weighted by molar-refractivity contribution is -0.140. The SMILES string of the molecule is CCCNC(=O)C(Cc1ccccc1)N(Cc1ccc(Br)cc1)C(=O)CN(c1ccccc1OCC)S(=O)(=O)c1ccc(SC)cc1. The number of carbonyl (C=O) groups is 2. The molecule has 11 heteroatoms. The summed E-state index contributed by atoms with van der Waals surface area (Å²) >= 11 is 4.97. The maximum absolute atomic E-state index is 14.6. The van der Waals surface area contributed by atoms with Crippen molar-refractivity contribution in [3.63, 3.8) is 0 Å². The van der Waals surface area contributed by atoms with Gasteiger partial charge >= 0.3 is 0 Å². The molecular weight excluding hydrogens is 698 g/mol. The van der Waals surface area contributed by atoms with E-state index in [0.717, 1.165) is 31.2 Å². The number of rotatable bonds is 16. The summed E-state index contributed by atoms with van der Waals surface area (Å²) in [4.78, 5) is 30.9. The fraction of sp³-hybridized carbons (Fsp3) is 0.278. The third-order valence-electron chi connectivity index (χ3n) is 7.45. The third kappa shape index (κ3) is 9.62. The molecule has 4 aromatic carbocycles. The average Bonchev–Trinajstić information content (AvgIpc) is 3.09. The maximum atomic E-state index is 14.6. The molecule has 0 aliphatic heterocycles. The number of halogens is 1. The minimum absolute atomic E-state index is 0.0374. The van der Waals surface area contributed by atoms with E-state index in [9.17, 15) is 18.0 Å². The number of ether oxygens (including phenoxy) is 1. The van der Waals surface area contributed by atoms with Crippen molar-refractivity contribution in [3.05, 3.63) is 119 Å². The first-order chi connectivity index (χ1) is 22.7. The molecule has 0 saturated heterocycles. The molecule has 0 bridgehead atoms. The molecule has 0 heterocycles. The molecule has 4 rings (SSSR count). The van der Waals surface area contributed by atoms with Crippen molar-refractivity contribution in [2.45, 2.75) is 49.1 Å². The zero-order valence-corrected chi connectivity index (χ0v) is 30.0. The van der Waals surface area contributed by atoms with Crippen molar-refractivity contribution in [3.8, 4) is 5.75 Å². The van der Waals surface area contributed by atoms with Gasteiger partial charge in [-0.3, -0.25) is 13.9 Å². The van der Waals surface area contributed by atoms with Crippen LogP contribution in [0.3, 0.4) is 0 Å². The number of para-hydroxylation sites is 2. The molecule has 0 radical (unpaired) electrons. The molecule has 47 heavy (non-hydrogen) atoms. The summed E-state index contributed by atoms with van der Waals surface area (Å²) in [6, 6.07) is 29.4. The highest BCUT2D eigenvalue weighted by atomic mass is 79.9. The molecular formula is C36H40BrN3O5S2. The molecule has 4 aromatic rings. The average molecular weight is 739 g/mol. The number of benzene rings is 4. The van der Waals surface area contributed by atoms with Gasteiger partial charge in [0.25, 0.3) is 10.0 Å². The molecule has 0 aromatic heterocycles. The standard InChI is InChI=1S/C36H40BrN3O5S2/c1-4-23-38-36(42)33(24-27-11-7-6-8-12-27)39(25-28-15-17-29(37)18-16-28)35(41)26-40(32-13-9-10-14-34(32)45-5-2)47(43,44)31-21-19-30(46-3)20-22-31/h6-22,33H,4-5,23-26H2,1-3H3,(H,38,42). The number of nitrogens with one attached hydrogen (secondary N) is 1. The zero-order valence-electron chi connectivity index (χ0n) is 26.8. The Morgan fingerprint density at radius 3 is 2.17 bits per heavy atom. The Bertz CT molecular complexity index is 1720. The van der Waals surface area contributed by atoms with Crippen LogP contribution in [0.15, 0.2) is 117 Å². The van der Waals surface area contributed by atoms with Crippen LogP contribution in [0.25, 0.3) is 0 Å². The Morgan fingerprint density at radius 2 is 1.53 bits per heavy atom. The van der Waals surface area contributed by atoms with E-state index in [1.165, 1.54) is 28.8 Å². The molecule has 1 unspecified atom stereocenters. The second-order valence-electron chi connectivity index (χ2n) is 10.7. The number of nitrogens with zero attached hydrogens (tertiary/aromatic N) is 2. The van der Waals surface area contributed by atoms with E-state index in [1.807, 2.05) is 74.7 Å². The molecule has 248 valence electrons. The van der Waals surface area contributed by atoms with Crippen molar-refractivity contribution in [1.29, 1.82) is 0 Å². The Morgan fingerprint density at radius 1 is 0.872 bits per heavy atom. The fourth-order valence-electron chi connectivity index (χ4n) is 5.04. The van der Waals surface area contributed by atoms with Gasteiger partial charge in [-0.05, 0) is 79.3 Å². The smallest absolute Gasteiger partial charge is 0.264 e. The van der Waals surface area contributed by atoms with Gasteiger partial charge in [-0.15, -0.1) is 11.8 Å². The minimum Gasteiger partial charge on any atom is -0.492 e. The Hall–Kier alpha value is -3.80. The van der Waals surface area contributed by atoms with Crippen molar-refractivity contribution < 1.29 is 22.7 Å². The monoisotopic (exact) mass is 737 g/mol. The molecule has 2 amide bonds. The first kappa shape index (κ1) is 36.0. The molecule has 0 aliphatic carbocycles. The molecule has 0 saturated carbocycles. The highest BCUT2D eigenvalue weighted by Gasteiger charge is 2.35. The predicted octanol–water partition coefficient (Wildman–Crippen LogP) is 6.93. The largest absolute Gasteiger partial charge is 0.492 e. The molecule has 0 fully saturated rings. The molecule has 0 aliphatic rings. The van der Waals surface area contributed by atoms with Crippen molar-refractivity contribution >= 4 is 55.2 Å². The Kier molecular flexibility index (Phi) is 13.3. The van der Waals surface area contributed by atoms with E-state index >= 15 is 0 Å². The van der Waals surface area contributed by atoms with Gasteiger partial charge < -0.3 is 15.0 Å². The van der Waals surface area contributed by atoms with Gasteiger partial charge in [0.2, 0.25) is 11.8 Å².